The molecule has 0 saturated carbocycles. The van der Waals surface area contributed by atoms with Crippen LogP contribution in [0.25, 0.3) is 12.2 Å². The monoisotopic (exact) mass is 286 g/mol. The summed E-state index contributed by atoms with van der Waals surface area (Å²) in [5.41, 5.74) is 1.63. The van der Waals surface area contributed by atoms with Crippen LogP contribution in [0.3, 0.4) is 0 Å². The SMILES string of the molecule is Oc1ccc(C=Cc2cc(O)cc(O)c2)cc1.[Cl-].[Na+]. The van der Waals surface area contributed by atoms with E-state index in [2.05, 4.69) is 0 Å². The van der Waals surface area contributed by atoms with E-state index in [9.17, 15) is 10.2 Å². The third kappa shape index (κ3) is 5.57. The zero-order valence-corrected chi connectivity index (χ0v) is 13.2. The maximum Gasteiger partial charge on any atom is 1.00 e. The number of rotatable bonds is 2. The Labute approximate surface area is 139 Å². The van der Waals surface area contributed by atoms with E-state index in [1.807, 2.05) is 6.08 Å². The second kappa shape index (κ2) is 8.12. The Bertz CT molecular complexity index is 533. The number of hydrogen-bond donors (Lipinski definition) is 3. The van der Waals surface area contributed by atoms with Crippen molar-refractivity contribution in [3.8, 4) is 17.2 Å². The van der Waals surface area contributed by atoms with Crippen molar-refractivity contribution in [1.29, 1.82) is 0 Å². The molecular formula is C14H12ClNaO3. The fraction of sp³-hybridized carbons (Fsp3) is 0. The summed E-state index contributed by atoms with van der Waals surface area (Å²) < 4.78 is 0. The standard InChI is InChI=1S/C14H12O3.ClH.Na/c15-12-5-3-10(4-6-12)1-2-11-7-13(16)9-14(17)8-11;;/h1-9,15-17H;1H;/q;;+1/p-1. The van der Waals surface area contributed by atoms with E-state index in [0.29, 0.717) is 5.56 Å². The summed E-state index contributed by atoms with van der Waals surface area (Å²) in [6, 6.07) is 11.1. The summed E-state index contributed by atoms with van der Waals surface area (Å²) in [4.78, 5) is 0. The van der Waals surface area contributed by atoms with Crippen LogP contribution >= 0.6 is 0 Å². The summed E-state index contributed by atoms with van der Waals surface area (Å²) >= 11 is 0. The van der Waals surface area contributed by atoms with Crippen molar-refractivity contribution < 1.29 is 57.3 Å². The topological polar surface area (TPSA) is 60.7 Å². The first kappa shape index (κ1) is 17.9. The van der Waals surface area contributed by atoms with Crippen molar-refractivity contribution in [2.24, 2.45) is 0 Å². The van der Waals surface area contributed by atoms with Gasteiger partial charge < -0.3 is 27.7 Å². The largest absolute Gasteiger partial charge is 1.00 e. The van der Waals surface area contributed by atoms with Gasteiger partial charge in [-0.25, -0.2) is 0 Å². The predicted molar refractivity (Wildman–Crippen MR) is 66.8 cm³/mol. The Morgan fingerprint density at radius 3 is 1.63 bits per heavy atom. The minimum absolute atomic E-state index is 0. The van der Waals surface area contributed by atoms with Crippen LogP contribution < -0.4 is 42.0 Å². The van der Waals surface area contributed by atoms with Gasteiger partial charge in [-0.15, -0.1) is 0 Å². The fourth-order valence-electron chi connectivity index (χ4n) is 1.49. The molecule has 0 saturated heterocycles. The molecular weight excluding hydrogens is 275 g/mol. The number of phenolic OH excluding ortho intramolecular Hbond substituents is 3. The number of halogens is 1. The molecule has 0 aliphatic rings. The Kier molecular flexibility index (Phi) is 7.64. The molecule has 94 valence electrons. The minimum Gasteiger partial charge on any atom is -1.00 e. The Hall–Kier alpha value is -1.13. The van der Waals surface area contributed by atoms with Crippen molar-refractivity contribution in [3.05, 3.63) is 53.6 Å². The van der Waals surface area contributed by atoms with Crippen molar-refractivity contribution >= 4 is 12.2 Å². The third-order valence-corrected chi connectivity index (χ3v) is 2.29. The normalized spacial score (nSPS) is 9.68. The molecule has 2 aromatic carbocycles. The van der Waals surface area contributed by atoms with Crippen LogP contribution in [0.4, 0.5) is 0 Å². The first-order valence-electron chi connectivity index (χ1n) is 5.13. The molecule has 0 atom stereocenters. The molecule has 0 unspecified atom stereocenters. The van der Waals surface area contributed by atoms with E-state index in [0.717, 1.165) is 5.56 Å². The molecule has 0 aromatic heterocycles. The summed E-state index contributed by atoms with van der Waals surface area (Å²) in [5, 5.41) is 27.7. The first-order valence-corrected chi connectivity index (χ1v) is 5.13. The van der Waals surface area contributed by atoms with Gasteiger partial charge in [0.05, 0.1) is 0 Å². The Morgan fingerprint density at radius 1 is 0.632 bits per heavy atom. The second-order valence-electron chi connectivity index (χ2n) is 3.71. The predicted octanol–water partition coefficient (Wildman–Crippen LogP) is -3.02. The molecule has 0 radical (unpaired) electrons. The van der Waals surface area contributed by atoms with Gasteiger partial charge >= 0.3 is 29.6 Å². The molecule has 2 rings (SSSR count). The van der Waals surface area contributed by atoms with E-state index >= 15 is 0 Å². The first-order chi connectivity index (χ1) is 8.13. The van der Waals surface area contributed by atoms with Gasteiger partial charge in [0.2, 0.25) is 0 Å². The minimum atomic E-state index is 0. The molecule has 19 heavy (non-hydrogen) atoms. The molecule has 0 amide bonds. The van der Waals surface area contributed by atoms with Crippen LogP contribution in [-0.2, 0) is 0 Å². The van der Waals surface area contributed by atoms with Crippen molar-refractivity contribution in [3.63, 3.8) is 0 Å². The van der Waals surface area contributed by atoms with Crippen LogP contribution in [0.1, 0.15) is 11.1 Å². The zero-order chi connectivity index (χ0) is 12.3. The van der Waals surface area contributed by atoms with Crippen LogP contribution in [0.2, 0.25) is 0 Å². The summed E-state index contributed by atoms with van der Waals surface area (Å²) in [6.45, 7) is 0. The molecule has 3 nitrogen and oxygen atoms in total. The van der Waals surface area contributed by atoms with Crippen molar-refractivity contribution in [1.82, 2.24) is 0 Å². The maximum absolute atomic E-state index is 9.30. The van der Waals surface area contributed by atoms with Gasteiger partial charge in [0.15, 0.2) is 0 Å². The Balaban J connectivity index is 0.00000162. The van der Waals surface area contributed by atoms with Crippen molar-refractivity contribution in [2.75, 3.05) is 0 Å². The van der Waals surface area contributed by atoms with Gasteiger partial charge in [0.25, 0.3) is 0 Å². The van der Waals surface area contributed by atoms with Gasteiger partial charge in [-0.2, -0.15) is 0 Å². The van der Waals surface area contributed by atoms with E-state index in [-0.39, 0.29) is 59.2 Å². The molecule has 0 bridgehead atoms. The molecule has 5 heteroatoms. The molecule has 0 spiro atoms. The summed E-state index contributed by atoms with van der Waals surface area (Å²) in [5.74, 6) is 0.267. The zero-order valence-electron chi connectivity index (χ0n) is 10.4. The molecule has 3 N–H and O–H groups in total. The van der Waals surface area contributed by atoms with Gasteiger partial charge in [0, 0.05) is 6.07 Å². The number of hydrogen-bond acceptors (Lipinski definition) is 3. The third-order valence-electron chi connectivity index (χ3n) is 2.29. The van der Waals surface area contributed by atoms with Gasteiger partial charge in [-0.05, 0) is 35.4 Å². The van der Waals surface area contributed by atoms with E-state index in [1.165, 1.54) is 6.07 Å². The van der Waals surface area contributed by atoms with Gasteiger partial charge in [0.1, 0.15) is 17.2 Å². The van der Waals surface area contributed by atoms with E-state index < -0.39 is 0 Å². The number of aromatic hydroxyl groups is 3. The molecule has 0 fully saturated rings. The number of benzene rings is 2. The van der Waals surface area contributed by atoms with Crippen LogP contribution in [0, 0.1) is 0 Å². The number of phenols is 3. The molecule has 0 heterocycles. The quantitative estimate of drug-likeness (QED) is 0.407. The van der Waals surface area contributed by atoms with Gasteiger partial charge in [-0.1, -0.05) is 24.3 Å². The smallest absolute Gasteiger partial charge is 1.00 e. The second-order valence-corrected chi connectivity index (χ2v) is 3.71. The molecule has 0 aliphatic heterocycles. The van der Waals surface area contributed by atoms with Crippen LogP contribution in [0.5, 0.6) is 17.2 Å². The van der Waals surface area contributed by atoms with Gasteiger partial charge in [-0.3, -0.25) is 0 Å². The van der Waals surface area contributed by atoms with Crippen LogP contribution in [-0.4, -0.2) is 15.3 Å². The van der Waals surface area contributed by atoms with Crippen LogP contribution in [0.15, 0.2) is 42.5 Å². The fourth-order valence-corrected chi connectivity index (χ4v) is 1.49. The summed E-state index contributed by atoms with van der Waals surface area (Å²) in [7, 11) is 0. The van der Waals surface area contributed by atoms with E-state index in [4.69, 9.17) is 5.11 Å². The Morgan fingerprint density at radius 2 is 1.11 bits per heavy atom. The van der Waals surface area contributed by atoms with E-state index in [1.54, 1.807) is 42.5 Å². The molecule has 0 aliphatic carbocycles. The maximum atomic E-state index is 9.30. The average molecular weight is 287 g/mol. The summed E-state index contributed by atoms with van der Waals surface area (Å²) in [6.07, 6.45) is 3.60. The van der Waals surface area contributed by atoms with Crippen molar-refractivity contribution in [2.45, 2.75) is 0 Å². The average Bonchev–Trinajstić information content (AvgIpc) is 2.27. The molecule has 2 aromatic rings.